The van der Waals surface area contributed by atoms with Crippen molar-refractivity contribution in [3.05, 3.63) is 178 Å². The van der Waals surface area contributed by atoms with E-state index in [2.05, 4.69) is 30.2 Å². The van der Waals surface area contributed by atoms with Gasteiger partial charge in [0.05, 0.1) is 16.3 Å². The van der Waals surface area contributed by atoms with Gasteiger partial charge in [0.15, 0.2) is 5.82 Å². The Bertz CT molecular complexity index is 3750. The molecule has 23 heteroatoms. The molecule has 0 radical (unpaired) electrons. The van der Waals surface area contributed by atoms with Gasteiger partial charge in [-0.3, -0.25) is 4.79 Å². The lowest BCUT2D eigenvalue weighted by atomic mass is 9.98. The number of aromatic amines is 2. The number of hydrogen-bond donors (Lipinski definition) is 3. The second-order valence-corrected chi connectivity index (χ2v) is 22.2. The Labute approximate surface area is 415 Å². The summed E-state index contributed by atoms with van der Waals surface area (Å²) >= 11 is 12.3. The number of carbonyl (C=O) groups excluding carboxylic acids is 1. The van der Waals surface area contributed by atoms with Crippen LogP contribution in [0.15, 0.2) is 146 Å². The number of sulfone groups is 2. The van der Waals surface area contributed by atoms with Gasteiger partial charge in [-0.2, -0.15) is 23.1 Å². The average molecular weight is 1060 g/mol. The predicted octanol–water partition coefficient (Wildman–Crippen LogP) is 10.3. The van der Waals surface area contributed by atoms with Gasteiger partial charge in [0.2, 0.25) is 25.5 Å². The first-order valence-electron chi connectivity index (χ1n) is 21.9. The van der Waals surface area contributed by atoms with Crippen LogP contribution in [-0.2, 0) is 66.7 Å². The molecule has 1 amide bonds. The number of hydrogen-bond acceptors (Lipinski definition) is 11. The van der Waals surface area contributed by atoms with Crippen molar-refractivity contribution in [3.8, 4) is 11.4 Å². The van der Waals surface area contributed by atoms with Gasteiger partial charge >= 0.3 is 12.1 Å². The zero-order valence-corrected chi connectivity index (χ0v) is 40.1. The Balaban J connectivity index is 0.000000166. The fraction of sp³-hybridized carbons (Fsp3) is 0.204. The standard InChI is InChI=1S/C26H19ClFN3O3S.C23H17ClF4N4O4S/c27-18-11-12-22-21(15-18)20-13-17(14-23(20)29-22)26(28,35(32,33)19-9-5-2-6-10-19)25-30-24(31-34-25)16-7-3-1-4-8-16;24-13-6-7-17-16(10-13)15-8-12(9-18(15)30-17)22(25,37(34,35)14-4-2-1-3-5-14)21-31-19(32-36-21)11-29-20(33)23(26,27)28/h1-12,15,17,29H,13-14H2;1-7,10,12,30H,8-9,11H2,(H,29,33)/t;12-,22+/m.1/s1. The minimum atomic E-state index is -5.16. The molecule has 0 bridgehead atoms. The maximum absolute atomic E-state index is 17.3. The Kier molecular flexibility index (Phi) is 12.4. The van der Waals surface area contributed by atoms with Gasteiger partial charge < -0.3 is 24.3 Å². The van der Waals surface area contributed by atoms with Crippen LogP contribution in [0.5, 0.6) is 0 Å². The molecule has 2 aliphatic carbocycles. The largest absolute Gasteiger partial charge is 0.471 e. The number of carbonyl (C=O) groups is 1. The number of aromatic nitrogens is 6. The maximum Gasteiger partial charge on any atom is 0.471 e. The first-order valence-corrected chi connectivity index (χ1v) is 25.6. The second-order valence-electron chi connectivity index (χ2n) is 17.2. The molecule has 0 saturated carbocycles. The van der Waals surface area contributed by atoms with Crippen LogP contribution in [0.2, 0.25) is 10.0 Å². The fourth-order valence-corrected chi connectivity index (χ4v) is 13.3. The lowest BCUT2D eigenvalue weighted by Crippen LogP contribution is -2.40. The molecule has 5 aromatic carbocycles. The first kappa shape index (κ1) is 48.7. The molecule has 0 saturated heterocycles. The number of fused-ring (bicyclic) bond motifs is 6. The highest BCUT2D eigenvalue weighted by molar-refractivity contribution is 7.92. The van der Waals surface area contributed by atoms with Crippen molar-refractivity contribution in [2.75, 3.05) is 0 Å². The Morgan fingerprint density at radius 3 is 1.53 bits per heavy atom. The minimum Gasteiger partial charge on any atom is -0.358 e. The van der Waals surface area contributed by atoms with Crippen molar-refractivity contribution < 1.29 is 52.6 Å². The first-order chi connectivity index (χ1) is 34.3. The van der Waals surface area contributed by atoms with Crippen molar-refractivity contribution in [1.82, 2.24) is 35.6 Å². The molecule has 0 aliphatic heterocycles. The van der Waals surface area contributed by atoms with E-state index in [4.69, 9.17) is 32.2 Å². The lowest BCUT2D eigenvalue weighted by Gasteiger charge is -2.27. The molecular weight excluding hydrogens is 1030 g/mol. The predicted molar refractivity (Wildman–Crippen MR) is 253 cm³/mol. The van der Waals surface area contributed by atoms with E-state index in [1.165, 1.54) is 36.4 Å². The summed E-state index contributed by atoms with van der Waals surface area (Å²) in [6, 6.07) is 33.8. The van der Waals surface area contributed by atoms with E-state index in [9.17, 15) is 34.8 Å². The van der Waals surface area contributed by atoms with Gasteiger partial charge in [0.25, 0.3) is 21.8 Å². The summed E-state index contributed by atoms with van der Waals surface area (Å²) in [6.07, 6.45) is -4.89. The van der Waals surface area contributed by atoms with Crippen LogP contribution in [-0.4, -0.2) is 59.2 Å². The molecule has 72 heavy (non-hydrogen) atoms. The molecule has 11 rings (SSSR count). The van der Waals surface area contributed by atoms with Crippen LogP contribution in [0, 0.1) is 11.8 Å². The summed E-state index contributed by atoms with van der Waals surface area (Å²) in [4.78, 5) is 25.1. The summed E-state index contributed by atoms with van der Waals surface area (Å²) in [5.74, 6) is -6.38. The number of benzene rings is 5. The molecule has 14 nitrogen and oxygen atoms in total. The molecule has 370 valence electrons. The summed E-state index contributed by atoms with van der Waals surface area (Å²) in [5, 5.41) is 5.25. The highest BCUT2D eigenvalue weighted by Crippen LogP contribution is 2.51. The number of H-pyrrole nitrogens is 2. The van der Waals surface area contributed by atoms with Crippen molar-refractivity contribution in [2.45, 2.75) is 58.2 Å². The Hall–Kier alpha value is -6.94. The van der Waals surface area contributed by atoms with E-state index in [1.807, 2.05) is 12.1 Å². The molecule has 3 N–H and O–H groups in total. The van der Waals surface area contributed by atoms with E-state index in [1.54, 1.807) is 84.2 Å². The minimum absolute atomic E-state index is 0.0270. The maximum atomic E-state index is 17.3. The van der Waals surface area contributed by atoms with Gasteiger partial charge in [0.1, 0.15) is 0 Å². The van der Waals surface area contributed by atoms with Gasteiger partial charge in [-0.25, -0.2) is 25.6 Å². The third kappa shape index (κ3) is 8.40. The van der Waals surface area contributed by atoms with E-state index in [0.29, 0.717) is 32.3 Å². The third-order valence-corrected chi connectivity index (χ3v) is 17.7. The molecule has 4 aromatic heterocycles. The number of nitrogens with one attached hydrogen (secondary N) is 3. The molecule has 4 heterocycles. The highest BCUT2D eigenvalue weighted by atomic mass is 35.5. The topological polar surface area (TPSA) is 207 Å². The van der Waals surface area contributed by atoms with Gasteiger partial charge in [-0.05, 0) is 97.5 Å². The number of rotatable bonds is 11. The average Bonchev–Trinajstić information content (AvgIpc) is 4.25. The van der Waals surface area contributed by atoms with Crippen molar-refractivity contribution in [3.63, 3.8) is 0 Å². The zero-order chi connectivity index (χ0) is 50.8. The second kappa shape index (κ2) is 18.3. The summed E-state index contributed by atoms with van der Waals surface area (Å²) in [6.45, 7) is -0.851. The fourth-order valence-electron chi connectivity index (χ4n) is 9.37. The Morgan fingerprint density at radius 1 is 0.611 bits per heavy atom. The van der Waals surface area contributed by atoms with Gasteiger partial charge in [-0.1, -0.05) is 100 Å². The zero-order valence-electron chi connectivity index (χ0n) is 36.9. The van der Waals surface area contributed by atoms with Gasteiger partial charge in [0, 0.05) is 60.6 Å². The molecule has 4 atom stereocenters. The molecule has 9 aromatic rings. The number of nitrogens with zero attached hydrogens (tertiary/aromatic N) is 4. The van der Waals surface area contributed by atoms with Crippen LogP contribution in [0.4, 0.5) is 22.0 Å². The van der Waals surface area contributed by atoms with Crippen LogP contribution >= 0.6 is 23.2 Å². The third-order valence-electron chi connectivity index (χ3n) is 12.8. The van der Waals surface area contributed by atoms with E-state index < -0.39 is 77.7 Å². The SMILES string of the molecule is O=C(NCc1noc([C@](F)([C@H]2Cc3[nH]c4ccc(Cl)cc4c3C2)S(=O)(=O)c2ccccc2)n1)C(F)(F)F.O=S(=O)(c1ccccc1)C(F)(c1nc(-c2ccccc2)no1)C1Cc2[nH]c3ccc(Cl)cc3c2C1. The molecule has 2 unspecified atom stereocenters. The normalized spacial score (nSPS) is 17.4. The summed E-state index contributed by atoms with van der Waals surface area (Å²) in [7, 11) is -9.37. The lowest BCUT2D eigenvalue weighted by molar-refractivity contribution is -0.173. The highest BCUT2D eigenvalue weighted by Gasteiger charge is 2.61. The summed E-state index contributed by atoms with van der Waals surface area (Å²) < 4.78 is 137. The number of alkyl halides is 5. The molecular formula is C49H36Cl2F5N7O7S2. The van der Waals surface area contributed by atoms with Crippen LogP contribution in [0.1, 0.15) is 40.1 Å². The van der Waals surface area contributed by atoms with Crippen molar-refractivity contribution >= 4 is 70.6 Å². The van der Waals surface area contributed by atoms with Gasteiger partial charge in [-0.15, -0.1) is 0 Å². The van der Waals surface area contributed by atoms with Crippen LogP contribution < -0.4 is 5.32 Å². The van der Waals surface area contributed by atoms with E-state index >= 15 is 8.78 Å². The van der Waals surface area contributed by atoms with E-state index in [-0.39, 0.29) is 41.3 Å². The number of amides is 1. The quantitative estimate of drug-likeness (QED) is 0.104. The monoisotopic (exact) mass is 1060 g/mol. The molecule has 0 fully saturated rings. The van der Waals surface area contributed by atoms with Crippen LogP contribution in [0.3, 0.4) is 0 Å². The van der Waals surface area contributed by atoms with Crippen molar-refractivity contribution in [1.29, 1.82) is 0 Å². The summed E-state index contributed by atoms with van der Waals surface area (Å²) in [5.41, 5.74) is 5.15. The number of halogens is 7. The smallest absolute Gasteiger partial charge is 0.358 e. The molecule has 0 spiro atoms. The van der Waals surface area contributed by atoms with Crippen LogP contribution in [0.25, 0.3) is 33.2 Å². The molecule has 2 aliphatic rings. The Morgan fingerprint density at radius 2 is 1.06 bits per heavy atom. The van der Waals surface area contributed by atoms with E-state index in [0.717, 1.165) is 27.7 Å². The van der Waals surface area contributed by atoms with Crippen molar-refractivity contribution in [2.24, 2.45) is 11.8 Å².